The second kappa shape index (κ2) is 8.19. The summed E-state index contributed by atoms with van der Waals surface area (Å²) in [4.78, 5) is 12.2. The van der Waals surface area contributed by atoms with Gasteiger partial charge in [-0.15, -0.1) is 0 Å². The van der Waals surface area contributed by atoms with Crippen LogP contribution in [0.1, 0.15) is 16.7 Å². The number of hydrogen-bond acceptors (Lipinski definition) is 3. The number of carbonyl (C=O) groups excluding carboxylic acids is 1. The molecule has 134 valence electrons. The Kier molecular flexibility index (Phi) is 5.73. The van der Waals surface area contributed by atoms with Gasteiger partial charge in [-0.3, -0.25) is 4.79 Å². The Balaban J connectivity index is 1.59. The highest BCUT2D eigenvalue weighted by Crippen LogP contribution is 2.19. The zero-order valence-corrected chi connectivity index (χ0v) is 16.3. The van der Waals surface area contributed by atoms with Gasteiger partial charge in [-0.2, -0.15) is 5.10 Å². The summed E-state index contributed by atoms with van der Waals surface area (Å²) in [5, 5.41) is 7.13. The van der Waals surface area contributed by atoms with E-state index >= 15 is 0 Å². The van der Waals surface area contributed by atoms with Crippen molar-refractivity contribution in [1.82, 2.24) is 9.78 Å². The molecule has 26 heavy (non-hydrogen) atoms. The molecule has 1 heterocycles. The number of nitrogens with one attached hydrogen (secondary N) is 1. The van der Waals surface area contributed by atoms with Crippen LogP contribution in [0.2, 0.25) is 0 Å². The summed E-state index contributed by atoms with van der Waals surface area (Å²) in [7, 11) is 0. The standard InChI is InChI=1S/C20H20BrN3O2/c1-14-3-8-18(15(2)11-14)26-13-20(25)23-19-9-10-22-24(19)12-16-4-6-17(21)7-5-16/h3-11H,12-13H2,1-2H3,(H,23,25). The SMILES string of the molecule is Cc1ccc(OCC(=O)Nc2ccnn2Cc2ccc(Br)cc2)c(C)c1. The Morgan fingerprint density at radius 1 is 1.15 bits per heavy atom. The van der Waals surface area contributed by atoms with Crippen LogP contribution in [0.4, 0.5) is 5.82 Å². The van der Waals surface area contributed by atoms with Crippen molar-refractivity contribution in [2.45, 2.75) is 20.4 Å². The fourth-order valence-corrected chi connectivity index (χ4v) is 2.88. The van der Waals surface area contributed by atoms with E-state index in [0.717, 1.165) is 21.2 Å². The maximum atomic E-state index is 12.2. The molecule has 1 aromatic heterocycles. The van der Waals surface area contributed by atoms with Gasteiger partial charge in [-0.25, -0.2) is 4.68 Å². The molecule has 0 saturated carbocycles. The molecule has 0 unspecified atom stereocenters. The summed E-state index contributed by atoms with van der Waals surface area (Å²) in [6, 6.07) is 15.6. The molecule has 5 nitrogen and oxygen atoms in total. The van der Waals surface area contributed by atoms with Crippen LogP contribution in [0.15, 0.2) is 59.2 Å². The van der Waals surface area contributed by atoms with E-state index in [0.29, 0.717) is 18.1 Å². The number of rotatable bonds is 6. The van der Waals surface area contributed by atoms with Crippen LogP contribution in [0.3, 0.4) is 0 Å². The zero-order chi connectivity index (χ0) is 18.5. The molecule has 0 fully saturated rings. The van der Waals surface area contributed by atoms with Crippen LogP contribution < -0.4 is 10.1 Å². The summed E-state index contributed by atoms with van der Waals surface area (Å²) in [5.41, 5.74) is 3.27. The third-order valence-electron chi connectivity index (χ3n) is 3.92. The van der Waals surface area contributed by atoms with E-state index in [9.17, 15) is 4.79 Å². The van der Waals surface area contributed by atoms with Crippen LogP contribution >= 0.6 is 15.9 Å². The van der Waals surface area contributed by atoms with Gasteiger partial charge in [0.1, 0.15) is 11.6 Å². The van der Waals surface area contributed by atoms with Crippen molar-refractivity contribution in [3.63, 3.8) is 0 Å². The van der Waals surface area contributed by atoms with Gasteiger partial charge in [-0.1, -0.05) is 45.8 Å². The first kappa shape index (κ1) is 18.2. The molecular weight excluding hydrogens is 394 g/mol. The third-order valence-corrected chi connectivity index (χ3v) is 4.45. The lowest BCUT2D eigenvalue weighted by atomic mass is 10.1. The predicted molar refractivity (Wildman–Crippen MR) is 106 cm³/mol. The van der Waals surface area contributed by atoms with Crippen molar-refractivity contribution in [3.8, 4) is 5.75 Å². The monoisotopic (exact) mass is 413 g/mol. The number of benzene rings is 2. The molecule has 6 heteroatoms. The van der Waals surface area contributed by atoms with Crippen molar-refractivity contribution in [3.05, 3.63) is 75.9 Å². The number of amides is 1. The molecule has 0 radical (unpaired) electrons. The van der Waals surface area contributed by atoms with Crippen molar-refractivity contribution in [2.24, 2.45) is 0 Å². The quantitative estimate of drug-likeness (QED) is 0.654. The van der Waals surface area contributed by atoms with E-state index in [1.54, 1.807) is 16.9 Å². The predicted octanol–water partition coefficient (Wildman–Crippen LogP) is 4.33. The third kappa shape index (κ3) is 4.73. The fraction of sp³-hybridized carbons (Fsp3) is 0.200. The average Bonchev–Trinajstić information content (AvgIpc) is 3.03. The van der Waals surface area contributed by atoms with Gasteiger partial charge in [0.25, 0.3) is 5.91 Å². The largest absolute Gasteiger partial charge is 0.483 e. The lowest BCUT2D eigenvalue weighted by Crippen LogP contribution is -2.22. The minimum atomic E-state index is -0.220. The number of halogens is 1. The number of aromatic nitrogens is 2. The first-order valence-electron chi connectivity index (χ1n) is 8.27. The number of aryl methyl sites for hydroxylation is 2. The second-order valence-corrected chi connectivity index (χ2v) is 7.02. The van der Waals surface area contributed by atoms with Crippen LogP contribution in [0.5, 0.6) is 5.75 Å². The topological polar surface area (TPSA) is 56.1 Å². The smallest absolute Gasteiger partial charge is 0.263 e. The number of anilines is 1. The molecule has 2 aromatic carbocycles. The normalized spacial score (nSPS) is 10.6. The zero-order valence-electron chi connectivity index (χ0n) is 14.7. The molecule has 0 aliphatic rings. The maximum Gasteiger partial charge on any atom is 0.263 e. The highest BCUT2D eigenvalue weighted by Gasteiger charge is 2.09. The number of nitrogens with zero attached hydrogens (tertiary/aromatic N) is 2. The first-order valence-corrected chi connectivity index (χ1v) is 9.07. The van der Waals surface area contributed by atoms with Gasteiger partial charge in [0.15, 0.2) is 6.61 Å². The van der Waals surface area contributed by atoms with Crippen molar-refractivity contribution in [1.29, 1.82) is 0 Å². The molecule has 0 spiro atoms. The average molecular weight is 414 g/mol. The summed E-state index contributed by atoms with van der Waals surface area (Å²) in [6.07, 6.45) is 1.67. The van der Waals surface area contributed by atoms with Crippen molar-refractivity contribution >= 4 is 27.7 Å². The first-order chi connectivity index (χ1) is 12.5. The molecule has 0 atom stereocenters. The lowest BCUT2D eigenvalue weighted by molar-refractivity contribution is -0.118. The van der Waals surface area contributed by atoms with Gasteiger partial charge in [0.2, 0.25) is 0 Å². The van der Waals surface area contributed by atoms with Crippen LogP contribution in [-0.4, -0.2) is 22.3 Å². The molecule has 0 bridgehead atoms. The Bertz CT molecular complexity index is 904. The van der Waals surface area contributed by atoms with Crippen molar-refractivity contribution in [2.75, 3.05) is 11.9 Å². The van der Waals surface area contributed by atoms with Crippen LogP contribution in [0, 0.1) is 13.8 Å². The highest BCUT2D eigenvalue weighted by molar-refractivity contribution is 9.10. The molecular formula is C20H20BrN3O2. The number of carbonyl (C=O) groups is 1. The fourth-order valence-electron chi connectivity index (χ4n) is 2.61. The summed E-state index contributed by atoms with van der Waals surface area (Å²) in [6.45, 7) is 4.52. The van der Waals surface area contributed by atoms with Gasteiger partial charge in [-0.05, 0) is 43.2 Å². The Hall–Kier alpha value is -2.60. The molecule has 0 aliphatic carbocycles. The Labute approximate surface area is 161 Å². The van der Waals surface area contributed by atoms with E-state index in [1.807, 2.05) is 56.3 Å². The molecule has 3 rings (SSSR count). The van der Waals surface area contributed by atoms with Gasteiger partial charge >= 0.3 is 0 Å². The molecule has 1 amide bonds. The number of ether oxygens (including phenoxy) is 1. The summed E-state index contributed by atoms with van der Waals surface area (Å²) in [5.74, 6) is 1.14. The minimum absolute atomic E-state index is 0.0482. The summed E-state index contributed by atoms with van der Waals surface area (Å²) < 4.78 is 8.40. The van der Waals surface area contributed by atoms with E-state index in [1.165, 1.54) is 0 Å². The van der Waals surface area contributed by atoms with Crippen LogP contribution in [0.25, 0.3) is 0 Å². The van der Waals surface area contributed by atoms with E-state index in [4.69, 9.17) is 4.74 Å². The Morgan fingerprint density at radius 2 is 1.92 bits per heavy atom. The molecule has 1 N–H and O–H groups in total. The second-order valence-electron chi connectivity index (χ2n) is 6.11. The molecule has 0 aliphatic heterocycles. The molecule has 3 aromatic rings. The Morgan fingerprint density at radius 3 is 2.65 bits per heavy atom. The van der Waals surface area contributed by atoms with E-state index in [-0.39, 0.29) is 12.5 Å². The lowest BCUT2D eigenvalue weighted by Gasteiger charge is -2.11. The minimum Gasteiger partial charge on any atom is -0.483 e. The van der Waals surface area contributed by atoms with Gasteiger partial charge in [0, 0.05) is 10.5 Å². The van der Waals surface area contributed by atoms with Gasteiger partial charge < -0.3 is 10.1 Å². The van der Waals surface area contributed by atoms with E-state index in [2.05, 4.69) is 26.3 Å². The molecule has 0 saturated heterocycles. The highest BCUT2D eigenvalue weighted by atomic mass is 79.9. The number of hydrogen-bond donors (Lipinski definition) is 1. The van der Waals surface area contributed by atoms with E-state index < -0.39 is 0 Å². The van der Waals surface area contributed by atoms with Crippen molar-refractivity contribution < 1.29 is 9.53 Å². The van der Waals surface area contributed by atoms with Gasteiger partial charge in [0.05, 0.1) is 12.7 Å². The van der Waals surface area contributed by atoms with Crippen LogP contribution in [-0.2, 0) is 11.3 Å². The maximum absolute atomic E-state index is 12.2. The summed E-state index contributed by atoms with van der Waals surface area (Å²) >= 11 is 3.42.